The molecule has 0 fully saturated rings. The van der Waals surface area contributed by atoms with E-state index in [9.17, 15) is 9.90 Å². The van der Waals surface area contributed by atoms with Crippen molar-refractivity contribution >= 4 is 5.97 Å². The molecular weight excluding hydrogens is 540 g/mol. The molecule has 41 heavy (non-hydrogen) atoms. The molecule has 1 heterocycles. The Morgan fingerprint density at radius 3 is 1.07 bits per heavy atom. The first-order chi connectivity index (χ1) is 20.2. The van der Waals surface area contributed by atoms with Crippen molar-refractivity contribution in [2.75, 3.05) is 106 Å². The third kappa shape index (κ3) is 14.9. The highest BCUT2D eigenvalue weighted by Crippen LogP contribution is 2.23. The molecule has 0 saturated carbocycles. The Labute approximate surface area is 240 Å². The molecule has 1 N–H and O–H groups in total. The number of fused-ring (bicyclic) bond motifs is 4. The molecule has 228 valence electrons. The monoisotopic (exact) mass is 580 g/mol. The first-order valence-corrected chi connectivity index (χ1v) is 13.7. The number of benzene rings is 2. The van der Waals surface area contributed by atoms with Gasteiger partial charge in [0.15, 0.2) is 0 Å². The zero-order chi connectivity index (χ0) is 28.8. The largest absolute Gasteiger partial charge is 0.491 e. The van der Waals surface area contributed by atoms with E-state index in [0.29, 0.717) is 115 Å². The molecule has 1 aliphatic heterocycles. The maximum absolute atomic E-state index is 11.5. The number of hydrogen-bond acceptors (Lipinski definition) is 11. The quantitative estimate of drug-likeness (QED) is 0.532. The van der Waals surface area contributed by atoms with Crippen molar-refractivity contribution in [3.8, 4) is 23.0 Å². The Balaban J connectivity index is 1.40. The molecule has 4 bridgehead atoms. The summed E-state index contributed by atoms with van der Waals surface area (Å²) in [4.78, 5) is 11.5. The lowest BCUT2D eigenvalue weighted by atomic mass is 10.2. The van der Waals surface area contributed by atoms with Crippen molar-refractivity contribution in [2.45, 2.75) is 0 Å². The van der Waals surface area contributed by atoms with E-state index in [1.54, 1.807) is 6.07 Å². The number of hydrogen-bond donors (Lipinski definition) is 1. The highest BCUT2D eigenvalue weighted by atomic mass is 16.6. The molecule has 0 unspecified atom stereocenters. The smallest absolute Gasteiger partial charge is 0.335 e. The van der Waals surface area contributed by atoms with Crippen LogP contribution in [0.2, 0.25) is 0 Å². The van der Waals surface area contributed by atoms with Gasteiger partial charge in [-0.15, -0.1) is 0 Å². The standard InChI is InChI=1S/C29H40O12/c30-29(31)24-20-27-23-28(21-24)41-19-15-37-11-7-33-5-9-35-13-17-39-26-3-1-2-25(22-26)38-16-12-34-8-4-32-6-10-36-14-18-40-27/h1-3,20-23H,4-19H2,(H,30,31). The van der Waals surface area contributed by atoms with Crippen LogP contribution in [0.25, 0.3) is 0 Å². The van der Waals surface area contributed by atoms with E-state index in [1.165, 1.54) is 12.1 Å². The molecule has 12 nitrogen and oxygen atoms in total. The van der Waals surface area contributed by atoms with Crippen molar-refractivity contribution in [3.05, 3.63) is 48.0 Å². The first-order valence-electron chi connectivity index (χ1n) is 13.7. The Hall–Kier alpha value is -3.13. The summed E-state index contributed by atoms with van der Waals surface area (Å²) >= 11 is 0. The third-order valence-corrected chi connectivity index (χ3v) is 5.41. The molecular formula is C29H40O12. The fraction of sp³-hybridized carbons (Fsp3) is 0.552. The summed E-state index contributed by atoms with van der Waals surface area (Å²) in [6, 6.07) is 11.9. The fourth-order valence-electron chi connectivity index (χ4n) is 3.47. The summed E-state index contributed by atoms with van der Waals surface area (Å²) in [6.45, 7) is 6.18. The first kappa shape index (κ1) is 32.4. The van der Waals surface area contributed by atoms with Crippen LogP contribution in [0.4, 0.5) is 0 Å². The molecule has 0 amide bonds. The SMILES string of the molecule is O=C(O)c1cc2cc(c1)OCCOCCOCCOCCOc1cccc(c1)OCCOCCOCCOCCO2. The lowest BCUT2D eigenvalue weighted by Crippen LogP contribution is -2.15. The van der Waals surface area contributed by atoms with Crippen molar-refractivity contribution in [1.29, 1.82) is 0 Å². The highest BCUT2D eigenvalue weighted by molar-refractivity contribution is 5.88. The summed E-state index contributed by atoms with van der Waals surface area (Å²) in [6.07, 6.45) is 0. The van der Waals surface area contributed by atoms with E-state index in [4.69, 9.17) is 47.4 Å². The van der Waals surface area contributed by atoms with Crippen LogP contribution in [0.15, 0.2) is 42.5 Å². The molecule has 0 radical (unpaired) electrons. The van der Waals surface area contributed by atoms with Crippen molar-refractivity contribution < 1.29 is 57.3 Å². The van der Waals surface area contributed by atoms with Gasteiger partial charge < -0.3 is 52.5 Å². The van der Waals surface area contributed by atoms with E-state index >= 15 is 0 Å². The van der Waals surface area contributed by atoms with E-state index in [-0.39, 0.29) is 18.8 Å². The van der Waals surface area contributed by atoms with Crippen LogP contribution in [0, 0.1) is 0 Å². The van der Waals surface area contributed by atoms with Crippen LogP contribution in [0.1, 0.15) is 10.4 Å². The third-order valence-electron chi connectivity index (χ3n) is 5.41. The van der Waals surface area contributed by atoms with Crippen LogP contribution >= 0.6 is 0 Å². The highest BCUT2D eigenvalue weighted by Gasteiger charge is 2.09. The Bertz CT molecular complexity index is 923. The van der Waals surface area contributed by atoms with Crippen molar-refractivity contribution in [1.82, 2.24) is 0 Å². The van der Waals surface area contributed by atoms with Gasteiger partial charge in [0.25, 0.3) is 0 Å². The van der Waals surface area contributed by atoms with Gasteiger partial charge in [0.1, 0.15) is 49.4 Å². The topological polar surface area (TPSA) is 130 Å². The van der Waals surface area contributed by atoms with Crippen molar-refractivity contribution in [2.24, 2.45) is 0 Å². The Kier molecular flexibility index (Phi) is 16.4. The van der Waals surface area contributed by atoms with Crippen LogP contribution < -0.4 is 18.9 Å². The van der Waals surface area contributed by atoms with E-state index in [2.05, 4.69) is 0 Å². The molecule has 2 aromatic rings. The van der Waals surface area contributed by atoms with Crippen LogP contribution in [0.3, 0.4) is 0 Å². The molecule has 0 atom stereocenters. The van der Waals surface area contributed by atoms with Crippen LogP contribution in [-0.2, 0) is 28.4 Å². The average molecular weight is 581 g/mol. The summed E-state index contributed by atoms with van der Waals surface area (Å²) in [5, 5.41) is 9.40. The maximum atomic E-state index is 11.5. The van der Waals surface area contributed by atoms with Gasteiger partial charge in [-0.25, -0.2) is 4.79 Å². The molecule has 0 aliphatic carbocycles. The number of ether oxygens (including phenoxy) is 10. The molecule has 1 aliphatic rings. The average Bonchev–Trinajstić information content (AvgIpc) is 2.97. The second kappa shape index (κ2) is 20.7. The Morgan fingerprint density at radius 2 is 0.732 bits per heavy atom. The van der Waals surface area contributed by atoms with Gasteiger partial charge in [-0.3, -0.25) is 0 Å². The van der Waals surface area contributed by atoms with Gasteiger partial charge in [0, 0.05) is 12.1 Å². The second-order valence-corrected chi connectivity index (χ2v) is 8.54. The van der Waals surface area contributed by atoms with Gasteiger partial charge in [-0.05, 0) is 24.3 Å². The van der Waals surface area contributed by atoms with E-state index in [1.807, 2.05) is 24.3 Å². The number of rotatable bonds is 1. The lowest BCUT2D eigenvalue weighted by molar-refractivity contribution is 0.00433. The minimum absolute atomic E-state index is 0.0646. The summed E-state index contributed by atoms with van der Waals surface area (Å²) in [5.41, 5.74) is 0.0646. The van der Waals surface area contributed by atoms with E-state index in [0.717, 1.165) is 0 Å². The zero-order valence-electron chi connectivity index (χ0n) is 23.3. The van der Waals surface area contributed by atoms with E-state index < -0.39 is 5.97 Å². The van der Waals surface area contributed by atoms with Gasteiger partial charge in [0.2, 0.25) is 0 Å². The molecule has 0 spiro atoms. The van der Waals surface area contributed by atoms with Gasteiger partial charge in [-0.2, -0.15) is 0 Å². The molecule has 0 saturated heterocycles. The summed E-state index contributed by atoms with van der Waals surface area (Å²) < 4.78 is 55.8. The maximum Gasteiger partial charge on any atom is 0.335 e. The molecule has 2 aromatic carbocycles. The second-order valence-electron chi connectivity index (χ2n) is 8.54. The zero-order valence-corrected chi connectivity index (χ0v) is 23.3. The van der Waals surface area contributed by atoms with Gasteiger partial charge >= 0.3 is 5.97 Å². The van der Waals surface area contributed by atoms with Crippen LogP contribution in [0.5, 0.6) is 23.0 Å². The number of carbonyl (C=O) groups is 1. The molecule has 12 heteroatoms. The molecule has 3 rings (SSSR count). The molecule has 0 aromatic heterocycles. The lowest BCUT2D eigenvalue weighted by Gasteiger charge is -2.12. The van der Waals surface area contributed by atoms with Crippen molar-refractivity contribution in [3.63, 3.8) is 0 Å². The normalized spacial score (nSPS) is 18.5. The fourth-order valence-corrected chi connectivity index (χ4v) is 3.47. The predicted octanol–water partition coefficient (Wildman–Crippen LogP) is 2.71. The minimum Gasteiger partial charge on any atom is -0.491 e. The summed E-state index contributed by atoms with van der Waals surface area (Å²) in [5.74, 6) is 1.08. The number of aromatic carboxylic acids is 1. The Morgan fingerprint density at radius 1 is 0.439 bits per heavy atom. The van der Waals surface area contributed by atoms with Gasteiger partial charge in [-0.1, -0.05) is 6.07 Å². The minimum atomic E-state index is -1.08. The predicted molar refractivity (Wildman–Crippen MR) is 147 cm³/mol. The number of carboxylic acids is 1. The number of carboxylic acid groups (broad SMARTS) is 1. The van der Waals surface area contributed by atoms with Gasteiger partial charge in [0.05, 0.1) is 84.8 Å². The summed E-state index contributed by atoms with van der Waals surface area (Å²) in [7, 11) is 0. The van der Waals surface area contributed by atoms with Crippen LogP contribution in [-0.4, -0.2) is 117 Å².